The van der Waals surface area contributed by atoms with Crippen LogP contribution in [0, 0.1) is 6.92 Å². The molecule has 5 heteroatoms. The van der Waals surface area contributed by atoms with E-state index in [0.717, 1.165) is 22.6 Å². The van der Waals surface area contributed by atoms with E-state index in [2.05, 4.69) is 9.97 Å². The molecule has 112 valence electrons. The number of benzene rings is 1. The van der Waals surface area contributed by atoms with Gasteiger partial charge in [0.1, 0.15) is 0 Å². The minimum Gasteiger partial charge on any atom is -0.451 e. The third kappa shape index (κ3) is 2.57. The maximum Gasteiger partial charge on any atom is 0.340 e. The lowest BCUT2D eigenvalue weighted by molar-refractivity contribution is 0.0315. The number of hydrogen-bond acceptors (Lipinski definition) is 4. The van der Waals surface area contributed by atoms with Crippen LogP contribution in [0.2, 0.25) is 0 Å². The number of aromatic nitrogens is 3. The first kappa shape index (κ1) is 14.3. The van der Waals surface area contributed by atoms with E-state index >= 15 is 0 Å². The Labute approximate surface area is 128 Å². The summed E-state index contributed by atoms with van der Waals surface area (Å²) >= 11 is 0. The number of esters is 1. The molecule has 0 radical (unpaired) electrons. The predicted octanol–water partition coefficient (Wildman–Crippen LogP) is 3.19. The molecule has 1 unspecified atom stereocenters. The smallest absolute Gasteiger partial charge is 0.340 e. The Kier molecular flexibility index (Phi) is 3.63. The summed E-state index contributed by atoms with van der Waals surface area (Å²) < 4.78 is 7.46. The Bertz CT molecular complexity index is 822. The molecule has 0 aliphatic carbocycles. The number of carbonyl (C=O) groups excluding carboxylic acids is 1. The molecule has 3 aromatic rings. The van der Waals surface area contributed by atoms with Crippen molar-refractivity contribution in [1.29, 1.82) is 0 Å². The summed E-state index contributed by atoms with van der Waals surface area (Å²) in [5.41, 5.74) is 3.20. The molecular formula is C17H17N3O2. The zero-order valence-corrected chi connectivity index (χ0v) is 12.8. The highest BCUT2D eigenvalue weighted by molar-refractivity contribution is 5.89. The van der Waals surface area contributed by atoms with Crippen LogP contribution in [0.4, 0.5) is 0 Å². The van der Waals surface area contributed by atoms with E-state index in [1.54, 1.807) is 12.1 Å². The summed E-state index contributed by atoms with van der Waals surface area (Å²) in [6, 6.07) is 11.3. The molecule has 0 aliphatic rings. The van der Waals surface area contributed by atoms with Crippen molar-refractivity contribution in [2.45, 2.75) is 20.0 Å². The first-order chi connectivity index (χ1) is 10.6. The van der Waals surface area contributed by atoms with Gasteiger partial charge >= 0.3 is 5.97 Å². The Morgan fingerprint density at radius 2 is 2.00 bits per heavy atom. The number of aryl methyl sites for hydroxylation is 2. The highest BCUT2D eigenvalue weighted by Gasteiger charge is 2.19. The van der Waals surface area contributed by atoms with Gasteiger partial charge in [-0.1, -0.05) is 12.1 Å². The summed E-state index contributed by atoms with van der Waals surface area (Å²) in [4.78, 5) is 20.8. The number of imidazole rings is 1. The molecule has 0 fully saturated rings. The van der Waals surface area contributed by atoms with Crippen LogP contribution in [0.3, 0.4) is 0 Å². The van der Waals surface area contributed by atoms with E-state index < -0.39 is 12.1 Å². The van der Waals surface area contributed by atoms with Crippen LogP contribution in [0.25, 0.3) is 11.0 Å². The van der Waals surface area contributed by atoms with Crippen LogP contribution >= 0.6 is 0 Å². The Hall–Kier alpha value is -2.69. The van der Waals surface area contributed by atoms with Crippen molar-refractivity contribution in [3.63, 3.8) is 0 Å². The summed E-state index contributed by atoms with van der Waals surface area (Å²) in [5, 5.41) is 0. The first-order valence-electron chi connectivity index (χ1n) is 7.11. The van der Waals surface area contributed by atoms with E-state index in [-0.39, 0.29) is 0 Å². The van der Waals surface area contributed by atoms with E-state index in [9.17, 15) is 4.79 Å². The zero-order valence-electron chi connectivity index (χ0n) is 12.8. The van der Waals surface area contributed by atoms with Gasteiger partial charge in [0.2, 0.25) is 0 Å². The lowest BCUT2D eigenvalue weighted by Gasteiger charge is -2.13. The summed E-state index contributed by atoms with van der Waals surface area (Å²) in [5.74, 6) is 0.321. The average molecular weight is 295 g/mol. The molecule has 22 heavy (non-hydrogen) atoms. The monoisotopic (exact) mass is 295 g/mol. The number of hydrogen-bond donors (Lipinski definition) is 0. The van der Waals surface area contributed by atoms with E-state index in [0.29, 0.717) is 5.56 Å². The van der Waals surface area contributed by atoms with E-state index in [4.69, 9.17) is 4.74 Å². The molecule has 0 N–H and O–H groups in total. The minimum atomic E-state index is -0.439. The fraction of sp³-hybridized carbons (Fsp3) is 0.235. The maximum absolute atomic E-state index is 12.2. The van der Waals surface area contributed by atoms with Gasteiger partial charge in [0, 0.05) is 18.9 Å². The van der Waals surface area contributed by atoms with Crippen LogP contribution < -0.4 is 0 Å². The highest BCUT2D eigenvalue weighted by Crippen LogP contribution is 2.22. The molecule has 0 amide bonds. The second kappa shape index (κ2) is 5.60. The van der Waals surface area contributed by atoms with Crippen molar-refractivity contribution in [3.05, 3.63) is 59.7 Å². The molecule has 2 aromatic heterocycles. The summed E-state index contributed by atoms with van der Waals surface area (Å²) in [6.07, 6.45) is 1.09. The van der Waals surface area contributed by atoms with E-state index in [1.165, 1.54) is 6.20 Å². The van der Waals surface area contributed by atoms with Crippen molar-refractivity contribution in [3.8, 4) is 0 Å². The summed E-state index contributed by atoms with van der Waals surface area (Å²) in [7, 11) is 1.92. The Morgan fingerprint density at radius 3 is 2.68 bits per heavy atom. The van der Waals surface area contributed by atoms with Crippen molar-refractivity contribution in [1.82, 2.24) is 14.5 Å². The molecule has 0 saturated carbocycles. The molecule has 3 rings (SSSR count). The number of nitrogens with zero attached hydrogens (tertiary/aromatic N) is 3. The number of carbonyl (C=O) groups is 1. The maximum atomic E-state index is 12.2. The van der Waals surface area contributed by atoms with Crippen LogP contribution in [-0.2, 0) is 11.8 Å². The van der Waals surface area contributed by atoms with Crippen LogP contribution in [-0.4, -0.2) is 20.5 Å². The molecule has 0 aliphatic heterocycles. The molecule has 5 nitrogen and oxygen atoms in total. The van der Waals surface area contributed by atoms with Gasteiger partial charge < -0.3 is 9.30 Å². The first-order valence-corrected chi connectivity index (χ1v) is 7.11. The molecular weight excluding hydrogens is 278 g/mol. The topological polar surface area (TPSA) is 57.0 Å². The number of para-hydroxylation sites is 2. The van der Waals surface area contributed by atoms with Crippen molar-refractivity contribution in [2.75, 3.05) is 0 Å². The number of ether oxygens (including phenoxy) is 1. The normalized spacial score (nSPS) is 12.3. The third-order valence-electron chi connectivity index (χ3n) is 3.62. The molecule has 0 saturated heterocycles. The van der Waals surface area contributed by atoms with Crippen molar-refractivity contribution >= 4 is 17.0 Å². The quantitative estimate of drug-likeness (QED) is 0.696. The van der Waals surface area contributed by atoms with Crippen LogP contribution in [0.15, 0.2) is 42.6 Å². The molecule has 1 aromatic carbocycles. The second-order valence-corrected chi connectivity index (χ2v) is 5.25. The fourth-order valence-electron chi connectivity index (χ4n) is 2.40. The lowest BCUT2D eigenvalue weighted by atomic mass is 10.2. The van der Waals surface area contributed by atoms with Gasteiger partial charge in [-0.3, -0.25) is 4.98 Å². The lowest BCUT2D eigenvalue weighted by Crippen LogP contribution is -2.13. The van der Waals surface area contributed by atoms with Gasteiger partial charge in [-0.05, 0) is 38.1 Å². The van der Waals surface area contributed by atoms with Crippen LogP contribution in [0.5, 0.6) is 0 Å². The zero-order chi connectivity index (χ0) is 15.7. The molecule has 1 atom stereocenters. The SMILES string of the molecule is Cc1ccc(C(=O)OC(C)c2nc3ccccc3n2C)cn1. The van der Waals surface area contributed by atoms with Gasteiger partial charge in [0.25, 0.3) is 0 Å². The van der Waals surface area contributed by atoms with Gasteiger partial charge in [0.05, 0.1) is 16.6 Å². The summed E-state index contributed by atoms with van der Waals surface area (Å²) in [6.45, 7) is 3.69. The standard InChI is InChI=1S/C17H17N3O2/c1-11-8-9-13(10-18-11)17(21)22-12(2)16-19-14-6-4-5-7-15(14)20(16)3/h4-10,12H,1-3H3. The van der Waals surface area contributed by atoms with E-state index in [1.807, 2.05) is 49.7 Å². The van der Waals surface area contributed by atoms with Gasteiger partial charge in [0.15, 0.2) is 11.9 Å². The van der Waals surface area contributed by atoms with Crippen LogP contribution in [0.1, 0.15) is 34.9 Å². The number of pyridine rings is 1. The Balaban J connectivity index is 1.83. The van der Waals surface area contributed by atoms with Crippen molar-refractivity contribution in [2.24, 2.45) is 7.05 Å². The third-order valence-corrected chi connectivity index (χ3v) is 3.62. The van der Waals surface area contributed by atoms with Gasteiger partial charge in [-0.25, -0.2) is 9.78 Å². The largest absolute Gasteiger partial charge is 0.451 e. The second-order valence-electron chi connectivity index (χ2n) is 5.25. The average Bonchev–Trinajstić information content (AvgIpc) is 2.85. The molecule has 0 spiro atoms. The van der Waals surface area contributed by atoms with Gasteiger partial charge in [-0.15, -0.1) is 0 Å². The fourth-order valence-corrected chi connectivity index (χ4v) is 2.40. The Morgan fingerprint density at radius 1 is 1.23 bits per heavy atom. The number of rotatable bonds is 3. The molecule has 2 heterocycles. The van der Waals surface area contributed by atoms with Gasteiger partial charge in [-0.2, -0.15) is 0 Å². The highest BCUT2D eigenvalue weighted by atomic mass is 16.5. The predicted molar refractivity (Wildman–Crippen MR) is 83.5 cm³/mol. The minimum absolute atomic E-state index is 0.396. The molecule has 0 bridgehead atoms. The van der Waals surface area contributed by atoms with Crippen molar-refractivity contribution < 1.29 is 9.53 Å². The number of fused-ring (bicyclic) bond motifs is 1.